The summed E-state index contributed by atoms with van der Waals surface area (Å²) in [6, 6.07) is 7.73. The minimum Gasteiger partial charge on any atom is -0.459 e. The highest BCUT2D eigenvalue weighted by atomic mass is 35.5. The van der Waals surface area contributed by atoms with Gasteiger partial charge in [0.25, 0.3) is 5.91 Å². The number of furan rings is 1. The molecule has 0 bridgehead atoms. The average molecular weight is 386 g/mol. The maximum atomic E-state index is 12.7. The van der Waals surface area contributed by atoms with E-state index < -0.39 is 10.1 Å². The van der Waals surface area contributed by atoms with Crippen LogP contribution < -0.4 is 4.18 Å². The third-order valence-corrected chi connectivity index (χ3v) is 4.44. The lowest BCUT2D eigenvalue weighted by Gasteiger charge is -2.28. The van der Waals surface area contributed by atoms with E-state index in [2.05, 4.69) is 0 Å². The molecule has 1 aromatic heterocycles. The fourth-order valence-electron chi connectivity index (χ4n) is 2.29. The molecule has 0 spiro atoms. The van der Waals surface area contributed by atoms with Crippen LogP contribution in [0.2, 0.25) is 5.02 Å². The van der Waals surface area contributed by atoms with Crippen molar-refractivity contribution in [2.75, 3.05) is 6.26 Å². The van der Waals surface area contributed by atoms with Gasteiger partial charge in [0.2, 0.25) is 0 Å². The third-order valence-electron chi connectivity index (χ3n) is 3.72. The highest BCUT2D eigenvalue weighted by Crippen LogP contribution is 2.27. The van der Waals surface area contributed by atoms with Crippen LogP contribution in [-0.4, -0.2) is 31.5 Å². The van der Waals surface area contributed by atoms with Crippen LogP contribution in [0.25, 0.3) is 0 Å². The van der Waals surface area contributed by atoms with E-state index in [9.17, 15) is 13.2 Å². The predicted octanol–water partition coefficient (Wildman–Crippen LogP) is 3.71. The molecule has 0 aliphatic rings. The van der Waals surface area contributed by atoms with Gasteiger partial charge in [-0.2, -0.15) is 8.42 Å². The van der Waals surface area contributed by atoms with E-state index >= 15 is 0 Å². The number of hydrogen-bond acceptors (Lipinski definition) is 5. The molecule has 1 aromatic carbocycles. The quantitative estimate of drug-likeness (QED) is 0.679. The summed E-state index contributed by atoms with van der Waals surface area (Å²) in [5, 5.41) is 0.422. The molecule has 1 atom stereocenters. The first-order valence-corrected chi connectivity index (χ1v) is 9.93. The van der Waals surface area contributed by atoms with Crippen LogP contribution in [0, 0.1) is 0 Å². The average Bonchev–Trinajstić information content (AvgIpc) is 3.07. The van der Waals surface area contributed by atoms with Gasteiger partial charge in [-0.25, -0.2) is 0 Å². The van der Waals surface area contributed by atoms with E-state index in [0.29, 0.717) is 10.6 Å². The van der Waals surface area contributed by atoms with E-state index in [1.54, 1.807) is 23.1 Å². The lowest BCUT2D eigenvalue weighted by atomic mass is 10.1. The molecule has 1 amide bonds. The minimum atomic E-state index is -3.70. The van der Waals surface area contributed by atoms with Gasteiger partial charge in [0.15, 0.2) is 5.76 Å². The lowest BCUT2D eigenvalue weighted by Crippen LogP contribution is -2.37. The number of hydrogen-bond donors (Lipinski definition) is 0. The highest BCUT2D eigenvalue weighted by Gasteiger charge is 2.24. The molecule has 6 nitrogen and oxygen atoms in total. The van der Waals surface area contributed by atoms with E-state index in [1.807, 2.05) is 13.8 Å². The zero-order valence-corrected chi connectivity index (χ0v) is 15.8. The largest absolute Gasteiger partial charge is 0.459 e. The van der Waals surface area contributed by atoms with Gasteiger partial charge in [0.1, 0.15) is 5.75 Å². The Labute approximate surface area is 152 Å². The van der Waals surface area contributed by atoms with Crippen molar-refractivity contribution < 1.29 is 21.8 Å². The van der Waals surface area contributed by atoms with Gasteiger partial charge in [0.05, 0.1) is 19.1 Å². The molecule has 2 rings (SSSR count). The Balaban J connectivity index is 2.38. The van der Waals surface area contributed by atoms with Crippen LogP contribution in [0.5, 0.6) is 5.75 Å². The Bertz CT molecular complexity index is 833. The van der Waals surface area contributed by atoms with E-state index in [-0.39, 0.29) is 30.0 Å². The first-order chi connectivity index (χ1) is 11.7. The van der Waals surface area contributed by atoms with Crippen molar-refractivity contribution in [3.63, 3.8) is 0 Å². The molecule has 0 fully saturated rings. The van der Waals surface area contributed by atoms with Crippen molar-refractivity contribution in [2.24, 2.45) is 0 Å². The first kappa shape index (κ1) is 19.3. The second kappa shape index (κ2) is 7.93. The monoisotopic (exact) mass is 385 g/mol. The van der Waals surface area contributed by atoms with Gasteiger partial charge >= 0.3 is 10.1 Å². The van der Waals surface area contributed by atoms with Crippen molar-refractivity contribution in [2.45, 2.75) is 32.9 Å². The lowest BCUT2D eigenvalue weighted by molar-refractivity contribution is 0.0638. The van der Waals surface area contributed by atoms with Crippen molar-refractivity contribution >= 4 is 27.6 Å². The predicted molar refractivity (Wildman–Crippen MR) is 95.3 cm³/mol. The van der Waals surface area contributed by atoms with Gasteiger partial charge < -0.3 is 13.5 Å². The Morgan fingerprint density at radius 3 is 2.64 bits per heavy atom. The van der Waals surface area contributed by atoms with Gasteiger partial charge in [-0.15, -0.1) is 0 Å². The topological polar surface area (TPSA) is 76.8 Å². The van der Waals surface area contributed by atoms with Crippen molar-refractivity contribution in [1.82, 2.24) is 4.90 Å². The molecule has 136 valence electrons. The summed E-state index contributed by atoms with van der Waals surface area (Å²) >= 11 is 6.04. The van der Waals surface area contributed by atoms with Crippen molar-refractivity contribution in [3.05, 3.63) is 52.9 Å². The molecule has 1 heterocycles. The molecule has 25 heavy (non-hydrogen) atoms. The minimum absolute atomic E-state index is 0.0948. The number of benzene rings is 1. The van der Waals surface area contributed by atoms with Crippen LogP contribution in [0.15, 0.2) is 41.0 Å². The highest BCUT2D eigenvalue weighted by molar-refractivity contribution is 7.86. The van der Waals surface area contributed by atoms with Gasteiger partial charge in [-0.05, 0) is 43.7 Å². The van der Waals surface area contributed by atoms with Crippen LogP contribution in [0.3, 0.4) is 0 Å². The molecule has 0 radical (unpaired) electrons. The van der Waals surface area contributed by atoms with E-state index in [0.717, 1.165) is 12.7 Å². The summed E-state index contributed by atoms with van der Waals surface area (Å²) in [7, 11) is -3.70. The zero-order valence-electron chi connectivity index (χ0n) is 14.2. The summed E-state index contributed by atoms with van der Waals surface area (Å²) in [5.74, 6) is 0.0741. The Morgan fingerprint density at radius 1 is 1.36 bits per heavy atom. The van der Waals surface area contributed by atoms with Gasteiger partial charge in [0, 0.05) is 16.6 Å². The number of rotatable bonds is 7. The maximum absolute atomic E-state index is 12.7. The number of carbonyl (C=O) groups is 1. The second-order valence-corrected chi connectivity index (χ2v) is 7.72. The molecule has 0 saturated heterocycles. The summed E-state index contributed by atoms with van der Waals surface area (Å²) < 4.78 is 33.2. The summed E-state index contributed by atoms with van der Waals surface area (Å²) in [6.45, 7) is 4.00. The van der Waals surface area contributed by atoms with Crippen LogP contribution >= 0.6 is 11.6 Å². The second-order valence-electron chi connectivity index (χ2n) is 5.71. The third kappa shape index (κ3) is 5.24. The Kier molecular flexibility index (Phi) is 6.13. The summed E-state index contributed by atoms with van der Waals surface area (Å²) in [5.41, 5.74) is 0.498. The first-order valence-electron chi connectivity index (χ1n) is 7.73. The summed E-state index contributed by atoms with van der Waals surface area (Å²) in [4.78, 5) is 14.3. The van der Waals surface area contributed by atoms with Crippen LogP contribution in [0.1, 0.15) is 36.4 Å². The molecule has 1 unspecified atom stereocenters. The normalized spacial score (nSPS) is 12.6. The summed E-state index contributed by atoms with van der Waals surface area (Å²) in [6.07, 6.45) is 3.11. The molecular formula is C17H20ClNO5S. The molecule has 0 saturated carbocycles. The Morgan fingerprint density at radius 2 is 2.08 bits per heavy atom. The van der Waals surface area contributed by atoms with Gasteiger partial charge in [-0.3, -0.25) is 4.79 Å². The molecular weight excluding hydrogens is 366 g/mol. The Hall–Kier alpha value is -1.99. The van der Waals surface area contributed by atoms with Gasteiger partial charge in [-0.1, -0.05) is 18.5 Å². The molecule has 8 heteroatoms. The molecule has 0 aliphatic heterocycles. The number of nitrogens with zero attached hydrogens (tertiary/aromatic N) is 1. The number of amides is 1. The van der Waals surface area contributed by atoms with E-state index in [4.69, 9.17) is 20.2 Å². The zero-order chi connectivity index (χ0) is 18.6. The number of halogens is 1. The fraction of sp³-hybridized carbons (Fsp3) is 0.353. The van der Waals surface area contributed by atoms with E-state index in [1.165, 1.54) is 18.4 Å². The van der Waals surface area contributed by atoms with Crippen LogP contribution in [-0.2, 0) is 16.7 Å². The molecule has 0 aliphatic carbocycles. The SMILES string of the molecule is CCC(C)N(Cc1cc(Cl)ccc1OS(C)(=O)=O)C(=O)c1ccco1. The molecule has 0 N–H and O–H groups in total. The number of carbonyl (C=O) groups excluding carboxylic acids is 1. The smallest absolute Gasteiger partial charge is 0.306 e. The van der Waals surface area contributed by atoms with Crippen LogP contribution in [0.4, 0.5) is 0 Å². The maximum Gasteiger partial charge on any atom is 0.306 e. The standard InChI is InChI=1S/C17H20ClNO5S/c1-4-12(2)19(17(20)16-6-5-9-23-16)11-13-10-14(18)7-8-15(13)24-25(3,21)22/h5-10,12H,4,11H2,1-3H3. The fourth-order valence-corrected chi connectivity index (χ4v) is 2.97. The van der Waals surface area contributed by atoms with Crippen molar-refractivity contribution in [1.29, 1.82) is 0 Å². The molecule has 2 aromatic rings. The van der Waals surface area contributed by atoms with Crippen molar-refractivity contribution in [3.8, 4) is 5.75 Å².